The van der Waals surface area contributed by atoms with Gasteiger partial charge in [-0.2, -0.15) is 0 Å². The van der Waals surface area contributed by atoms with Gasteiger partial charge in [0, 0.05) is 22.1 Å². The van der Waals surface area contributed by atoms with Gasteiger partial charge in [-0.1, -0.05) is 41.9 Å². The lowest BCUT2D eigenvalue weighted by Gasteiger charge is -2.03. The Balaban J connectivity index is 2.17. The second-order valence-electron chi connectivity index (χ2n) is 4.56. The Bertz CT molecular complexity index is 832. The molecule has 0 bridgehead atoms. The van der Waals surface area contributed by atoms with Gasteiger partial charge in [-0.05, 0) is 29.8 Å². The van der Waals surface area contributed by atoms with E-state index < -0.39 is 5.97 Å². The summed E-state index contributed by atoms with van der Waals surface area (Å²) in [5.41, 5.74) is 1.97. The summed E-state index contributed by atoms with van der Waals surface area (Å²) in [7, 11) is 0. The van der Waals surface area contributed by atoms with E-state index in [-0.39, 0.29) is 0 Å². The van der Waals surface area contributed by atoms with E-state index in [2.05, 4.69) is 0 Å². The number of benzene rings is 2. The molecule has 0 aliphatic carbocycles. The molecule has 0 saturated carbocycles. The monoisotopic (exact) mass is 298 g/mol. The number of hydrogen-bond acceptors (Lipinski definition) is 2. The van der Waals surface area contributed by atoms with Gasteiger partial charge in [0.2, 0.25) is 0 Å². The molecule has 0 atom stereocenters. The number of rotatable bonds is 3. The van der Waals surface area contributed by atoms with Crippen LogP contribution in [0.25, 0.3) is 16.5 Å². The maximum atomic E-state index is 11.1. The summed E-state index contributed by atoms with van der Waals surface area (Å²) in [5, 5.41) is 10.5. The molecule has 0 aliphatic rings. The average molecular weight is 299 g/mol. The zero-order chi connectivity index (χ0) is 14.8. The molecule has 2 aromatic carbocycles. The standard InChI is InChI=1S/C17H11ClO3/c18-13-6-7-15-12(8-13)9-16(21-15)14(10-17(19)20)11-4-2-1-3-5-11/h1-10H,(H,19,20)/b14-10-. The molecule has 3 aromatic rings. The Morgan fingerprint density at radius 3 is 2.57 bits per heavy atom. The summed E-state index contributed by atoms with van der Waals surface area (Å²) in [6, 6.07) is 16.3. The summed E-state index contributed by atoms with van der Waals surface area (Å²) in [4.78, 5) is 11.1. The van der Waals surface area contributed by atoms with Crippen molar-refractivity contribution in [1.82, 2.24) is 0 Å². The third kappa shape index (κ3) is 2.83. The first kappa shape index (κ1) is 13.5. The molecule has 0 amide bonds. The van der Waals surface area contributed by atoms with Crippen molar-refractivity contribution < 1.29 is 14.3 Å². The van der Waals surface area contributed by atoms with Gasteiger partial charge >= 0.3 is 5.97 Å². The Labute approximate surface area is 126 Å². The van der Waals surface area contributed by atoms with Crippen molar-refractivity contribution in [2.24, 2.45) is 0 Å². The number of furan rings is 1. The first-order valence-electron chi connectivity index (χ1n) is 6.33. The molecule has 1 aromatic heterocycles. The first-order chi connectivity index (χ1) is 10.1. The molecule has 4 heteroatoms. The van der Waals surface area contributed by atoms with Crippen LogP contribution in [0.4, 0.5) is 0 Å². The quantitative estimate of drug-likeness (QED) is 0.719. The lowest BCUT2D eigenvalue weighted by Crippen LogP contribution is -1.93. The minimum atomic E-state index is -1.02. The highest BCUT2D eigenvalue weighted by atomic mass is 35.5. The summed E-state index contributed by atoms with van der Waals surface area (Å²) < 4.78 is 5.75. The second kappa shape index (κ2) is 5.46. The predicted octanol–water partition coefficient (Wildman–Crippen LogP) is 4.60. The molecule has 0 spiro atoms. The van der Waals surface area contributed by atoms with Gasteiger partial charge in [-0.15, -0.1) is 0 Å². The van der Waals surface area contributed by atoms with Crippen LogP contribution in [-0.2, 0) is 4.79 Å². The number of hydrogen-bond donors (Lipinski definition) is 1. The van der Waals surface area contributed by atoms with Crippen LogP contribution in [0.5, 0.6) is 0 Å². The number of halogens is 1. The number of carboxylic acid groups (broad SMARTS) is 1. The fourth-order valence-electron chi connectivity index (χ4n) is 2.18. The molecule has 3 nitrogen and oxygen atoms in total. The van der Waals surface area contributed by atoms with Crippen molar-refractivity contribution in [1.29, 1.82) is 0 Å². The summed E-state index contributed by atoms with van der Waals surface area (Å²) >= 11 is 5.96. The van der Waals surface area contributed by atoms with E-state index in [1.807, 2.05) is 30.3 Å². The maximum absolute atomic E-state index is 11.1. The highest BCUT2D eigenvalue weighted by molar-refractivity contribution is 6.31. The van der Waals surface area contributed by atoms with E-state index in [1.165, 1.54) is 0 Å². The Morgan fingerprint density at radius 2 is 1.86 bits per heavy atom. The van der Waals surface area contributed by atoms with Crippen molar-refractivity contribution in [3.05, 3.63) is 77.0 Å². The van der Waals surface area contributed by atoms with Crippen LogP contribution in [-0.4, -0.2) is 11.1 Å². The number of carboxylic acids is 1. The molecule has 21 heavy (non-hydrogen) atoms. The average Bonchev–Trinajstić information content (AvgIpc) is 2.88. The third-order valence-corrected chi connectivity index (χ3v) is 3.33. The van der Waals surface area contributed by atoms with Crippen LogP contribution < -0.4 is 0 Å². The number of fused-ring (bicyclic) bond motifs is 1. The summed E-state index contributed by atoms with van der Waals surface area (Å²) in [6.07, 6.45) is 1.15. The molecule has 3 rings (SSSR count). The SMILES string of the molecule is O=C(O)/C=C(/c1ccccc1)c1cc2cc(Cl)ccc2o1. The Kier molecular flexibility index (Phi) is 3.50. The van der Waals surface area contributed by atoms with Crippen molar-refractivity contribution in [3.8, 4) is 0 Å². The van der Waals surface area contributed by atoms with Gasteiger partial charge in [0.25, 0.3) is 0 Å². The van der Waals surface area contributed by atoms with Crippen LogP contribution >= 0.6 is 11.6 Å². The zero-order valence-electron chi connectivity index (χ0n) is 10.9. The van der Waals surface area contributed by atoms with E-state index in [1.54, 1.807) is 24.3 Å². The minimum Gasteiger partial charge on any atom is -0.478 e. The first-order valence-corrected chi connectivity index (χ1v) is 6.71. The van der Waals surface area contributed by atoms with E-state index in [4.69, 9.17) is 21.1 Å². The van der Waals surface area contributed by atoms with Crippen molar-refractivity contribution >= 4 is 34.1 Å². The third-order valence-electron chi connectivity index (χ3n) is 3.10. The lowest BCUT2D eigenvalue weighted by molar-refractivity contribution is -0.131. The molecule has 0 saturated heterocycles. The zero-order valence-corrected chi connectivity index (χ0v) is 11.7. The van der Waals surface area contributed by atoms with Gasteiger partial charge in [-0.25, -0.2) is 4.79 Å². The van der Waals surface area contributed by atoms with Gasteiger partial charge < -0.3 is 9.52 Å². The van der Waals surface area contributed by atoms with Crippen LogP contribution in [0, 0.1) is 0 Å². The van der Waals surface area contributed by atoms with Gasteiger partial charge in [0.1, 0.15) is 11.3 Å². The van der Waals surface area contributed by atoms with E-state index in [9.17, 15) is 4.79 Å². The largest absolute Gasteiger partial charge is 0.478 e. The van der Waals surface area contributed by atoms with Crippen LogP contribution in [0.1, 0.15) is 11.3 Å². The molecule has 0 aliphatic heterocycles. The summed E-state index contributed by atoms with van der Waals surface area (Å²) in [5.74, 6) is -0.520. The molecule has 0 fully saturated rings. The Hall–Kier alpha value is -2.52. The van der Waals surface area contributed by atoms with Crippen molar-refractivity contribution in [2.75, 3.05) is 0 Å². The van der Waals surface area contributed by atoms with Crippen LogP contribution in [0.2, 0.25) is 5.02 Å². The van der Waals surface area contributed by atoms with Crippen LogP contribution in [0.3, 0.4) is 0 Å². The fraction of sp³-hybridized carbons (Fsp3) is 0. The smallest absolute Gasteiger partial charge is 0.329 e. The van der Waals surface area contributed by atoms with Crippen LogP contribution in [0.15, 0.2) is 65.1 Å². The molecular weight excluding hydrogens is 288 g/mol. The fourth-order valence-corrected chi connectivity index (χ4v) is 2.37. The Morgan fingerprint density at radius 1 is 1.10 bits per heavy atom. The van der Waals surface area contributed by atoms with Gasteiger partial charge in [0.05, 0.1) is 0 Å². The number of aliphatic carboxylic acids is 1. The molecular formula is C17H11ClO3. The lowest BCUT2D eigenvalue weighted by atomic mass is 10.0. The maximum Gasteiger partial charge on any atom is 0.329 e. The van der Waals surface area contributed by atoms with Crippen molar-refractivity contribution in [3.63, 3.8) is 0 Å². The van der Waals surface area contributed by atoms with Gasteiger partial charge in [-0.3, -0.25) is 0 Å². The molecule has 0 radical (unpaired) electrons. The van der Waals surface area contributed by atoms with E-state index in [0.717, 1.165) is 17.0 Å². The predicted molar refractivity (Wildman–Crippen MR) is 82.4 cm³/mol. The highest BCUT2D eigenvalue weighted by Gasteiger charge is 2.12. The molecule has 1 heterocycles. The summed E-state index contributed by atoms with van der Waals surface area (Å²) in [6.45, 7) is 0. The minimum absolute atomic E-state index is 0.501. The molecule has 1 N–H and O–H groups in total. The normalized spacial score (nSPS) is 11.8. The highest BCUT2D eigenvalue weighted by Crippen LogP contribution is 2.30. The second-order valence-corrected chi connectivity index (χ2v) is 4.99. The van der Waals surface area contributed by atoms with E-state index in [0.29, 0.717) is 21.9 Å². The topological polar surface area (TPSA) is 50.4 Å². The van der Waals surface area contributed by atoms with Crippen molar-refractivity contribution in [2.45, 2.75) is 0 Å². The number of carbonyl (C=O) groups is 1. The molecule has 104 valence electrons. The van der Waals surface area contributed by atoms with Gasteiger partial charge in [0.15, 0.2) is 0 Å². The van der Waals surface area contributed by atoms with E-state index >= 15 is 0 Å². The molecule has 0 unspecified atom stereocenters.